The molecule has 1 aliphatic rings. The van der Waals surface area contributed by atoms with Crippen LogP contribution in [0.4, 0.5) is 0 Å². The van der Waals surface area contributed by atoms with Crippen LogP contribution in [0.1, 0.15) is 32.2 Å². The van der Waals surface area contributed by atoms with Gasteiger partial charge in [-0.05, 0) is 54.1 Å². The summed E-state index contributed by atoms with van der Waals surface area (Å²) < 4.78 is 21.4. The van der Waals surface area contributed by atoms with E-state index in [-0.39, 0.29) is 12.5 Å². The molecule has 1 saturated heterocycles. The molecule has 0 bridgehead atoms. The quantitative estimate of drug-likeness (QED) is 0.471. The summed E-state index contributed by atoms with van der Waals surface area (Å²) in [5, 5.41) is 0. The van der Waals surface area contributed by atoms with E-state index >= 15 is 0 Å². The summed E-state index contributed by atoms with van der Waals surface area (Å²) in [4.78, 5) is 28.5. The number of carbonyl (C=O) groups is 2. The summed E-state index contributed by atoms with van der Waals surface area (Å²) >= 11 is 0. The molecule has 8 nitrogen and oxygen atoms in total. The second-order valence-corrected chi connectivity index (χ2v) is 7.99. The average molecular weight is 465 g/mol. The molecule has 34 heavy (non-hydrogen) atoms. The van der Waals surface area contributed by atoms with Gasteiger partial charge in [-0.1, -0.05) is 12.1 Å². The number of methoxy groups -OCH3 is 2. The van der Waals surface area contributed by atoms with Gasteiger partial charge in [0, 0.05) is 32.7 Å². The van der Waals surface area contributed by atoms with Gasteiger partial charge in [-0.2, -0.15) is 0 Å². The van der Waals surface area contributed by atoms with Gasteiger partial charge in [0.25, 0.3) is 5.91 Å². The summed E-state index contributed by atoms with van der Waals surface area (Å²) in [6.45, 7) is 3.87. The van der Waals surface area contributed by atoms with Crippen molar-refractivity contribution in [2.24, 2.45) is 0 Å². The van der Waals surface area contributed by atoms with Crippen LogP contribution in [0.15, 0.2) is 65.1 Å². The topological polar surface area (TPSA) is 81.5 Å². The molecule has 0 saturated carbocycles. The van der Waals surface area contributed by atoms with Gasteiger partial charge >= 0.3 is 5.97 Å². The van der Waals surface area contributed by atoms with Gasteiger partial charge in [-0.3, -0.25) is 9.69 Å². The van der Waals surface area contributed by atoms with E-state index < -0.39 is 5.97 Å². The third kappa shape index (κ3) is 5.77. The Balaban J connectivity index is 1.26. The van der Waals surface area contributed by atoms with Crippen LogP contribution in [0.2, 0.25) is 0 Å². The van der Waals surface area contributed by atoms with Crippen molar-refractivity contribution in [1.82, 2.24) is 9.80 Å². The van der Waals surface area contributed by atoms with Gasteiger partial charge in [0.05, 0.1) is 19.8 Å². The van der Waals surface area contributed by atoms with Crippen LogP contribution in [0.25, 0.3) is 0 Å². The Labute approximate surface area is 198 Å². The van der Waals surface area contributed by atoms with E-state index in [0.717, 1.165) is 25.4 Å². The van der Waals surface area contributed by atoms with E-state index in [0.29, 0.717) is 35.9 Å². The highest BCUT2D eigenvalue weighted by molar-refractivity contribution is 5.91. The highest BCUT2D eigenvalue weighted by atomic mass is 16.5. The van der Waals surface area contributed by atoms with Gasteiger partial charge in [0.1, 0.15) is 23.9 Å². The number of ether oxygens (including phenoxy) is 3. The molecule has 1 fully saturated rings. The van der Waals surface area contributed by atoms with Crippen molar-refractivity contribution in [1.29, 1.82) is 0 Å². The minimum Gasteiger partial charge on any atom is -0.497 e. The van der Waals surface area contributed by atoms with Crippen LogP contribution in [0, 0.1) is 0 Å². The first-order valence-corrected chi connectivity index (χ1v) is 11.1. The first kappa shape index (κ1) is 23.4. The van der Waals surface area contributed by atoms with Crippen molar-refractivity contribution in [2.45, 2.75) is 13.2 Å². The van der Waals surface area contributed by atoms with Gasteiger partial charge in [0.15, 0.2) is 5.76 Å². The maximum Gasteiger partial charge on any atom is 0.337 e. The first-order valence-electron chi connectivity index (χ1n) is 11.1. The zero-order valence-corrected chi connectivity index (χ0v) is 19.4. The fraction of sp³-hybridized carbons (Fsp3) is 0.308. The summed E-state index contributed by atoms with van der Waals surface area (Å²) in [6, 6.07) is 18.1. The first-order chi connectivity index (χ1) is 16.6. The minimum absolute atomic E-state index is 0.116. The molecule has 0 unspecified atom stereocenters. The lowest BCUT2D eigenvalue weighted by atomic mass is 10.2. The number of amides is 1. The average Bonchev–Trinajstić information content (AvgIpc) is 3.36. The number of carbonyl (C=O) groups excluding carboxylic acids is 2. The van der Waals surface area contributed by atoms with Crippen molar-refractivity contribution in [2.75, 3.05) is 40.4 Å². The summed E-state index contributed by atoms with van der Waals surface area (Å²) in [5.41, 5.74) is 1.64. The number of piperazine rings is 1. The number of benzene rings is 2. The second-order valence-electron chi connectivity index (χ2n) is 7.99. The van der Waals surface area contributed by atoms with Crippen molar-refractivity contribution in [3.63, 3.8) is 0 Å². The van der Waals surface area contributed by atoms with Gasteiger partial charge < -0.3 is 23.5 Å². The minimum atomic E-state index is -0.401. The number of hydrogen-bond acceptors (Lipinski definition) is 7. The van der Waals surface area contributed by atoms with E-state index in [2.05, 4.69) is 15.7 Å². The highest BCUT2D eigenvalue weighted by Crippen LogP contribution is 2.19. The monoisotopic (exact) mass is 464 g/mol. The Hall–Kier alpha value is -3.78. The zero-order chi connectivity index (χ0) is 23.9. The molecule has 0 N–H and O–H groups in total. The number of rotatable bonds is 8. The molecule has 3 aromatic rings. The molecule has 2 heterocycles. The van der Waals surface area contributed by atoms with E-state index in [1.54, 1.807) is 43.5 Å². The third-order valence-corrected chi connectivity index (χ3v) is 5.73. The van der Waals surface area contributed by atoms with E-state index in [1.165, 1.54) is 12.7 Å². The van der Waals surface area contributed by atoms with Crippen LogP contribution >= 0.6 is 0 Å². The standard InChI is InChI=1S/C26H28N2O6/c1-31-22-5-3-4-19(16-22)17-27-12-14-28(15-13-27)25(29)24-11-10-23(34-24)18-33-21-8-6-20(7-9-21)26(30)32-2/h3-11,16H,12-15,17-18H2,1-2H3. The molecule has 4 rings (SSSR count). The molecule has 0 radical (unpaired) electrons. The lowest BCUT2D eigenvalue weighted by Crippen LogP contribution is -2.48. The Bertz CT molecular complexity index is 1120. The Morgan fingerprint density at radius 3 is 2.38 bits per heavy atom. The lowest BCUT2D eigenvalue weighted by molar-refractivity contribution is 0.0590. The Morgan fingerprint density at radius 2 is 1.68 bits per heavy atom. The molecule has 0 aliphatic carbocycles. The van der Waals surface area contributed by atoms with E-state index in [4.69, 9.17) is 13.9 Å². The van der Waals surface area contributed by atoms with Gasteiger partial charge in [-0.15, -0.1) is 0 Å². The molecule has 2 aromatic carbocycles. The van der Waals surface area contributed by atoms with Crippen molar-refractivity contribution >= 4 is 11.9 Å². The van der Waals surface area contributed by atoms with Crippen molar-refractivity contribution < 1.29 is 28.2 Å². The third-order valence-electron chi connectivity index (χ3n) is 5.73. The van der Waals surface area contributed by atoms with E-state index in [9.17, 15) is 9.59 Å². The molecule has 178 valence electrons. The Morgan fingerprint density at radius 1 is 0.912 bits per heavy atom. The molecule has 1 aliphatic heterocycles. The summed E-state index contributed by atoms with van der Waals surface area (Å²) in [7, 11) is 3.00. The lowest BCUT2D eigenvalue weighted by Gasteiger charge is -2.34. The van der Waals surface area contributed by atoms with Crippen LogP contribution in [0.3, 0.4) is 0 Å². The molecule has 0 spiro atoms. The normalized spacial score (nSPS) is 14.0. The molecule has 1 amide bonds. The molecule has 1 aromatic heterocycles. The van der Waals surface area contributed by atoms with Crippen LogP contribution < -0.4 is 9.47 Å². The number of hydrogen-bond donors (Lipinski definition) is 0. The highest BCUT2D eigenvalue weighted by Gasteiger charge is 2.24. The molecular weight excluding hydrogens is 436 g/mol. The van der Waals surface area contributed by atoms with Crippen LogP contribution in [0.5, 0.6) is 11.5 Å². The van der Waals surface area contributed by atoms with E-state index in [1.807, 2.05) is 23.1 Å². The SMILES string of the molecule is COC(=O)c1ccc(OCc2ccc(C(=O)N3CCN(Cc4cccc(OC)c4)CC3)o2)cc1. The van der Waals surface area contributed by atoms with Crippen LogP contribution in [-0.2, 0) is 17.9 Å². The zero-order valence-electron chi connectivity index (χ0n) is 19.4. The largest absolute Gasteiger partial charge is 0.497 e. The summed E-state index contributed by atoms with van der Waals surface area (Å²) in [5.74, 6) is 1.78. The second kappa shape index (κ2) is 10.9. The fourth-order valence-electron chi connectivity index (χ4n) is 3.82. The van der Waals surface area contributed by atoms with Crippen molar-refractivity contribution in [3.8, 4) is 11.5 Å². The predicted molar refractivity (Wildman–Crippen MR) is 125 cm³/mol. The van der Waals surface area contributed by atoms with Gasteiger partial charge in [0.2, 0.25) is 0 Å². The maximum atomic E-state index is 12.9. The maximum absolute atomic E-state index is 12.9. The van der Waals surface area contributed by atoms with Crippen LogP contribution in [-0.4, -0.2) is 62.1 Å². The number of nitrogens with zero attached hydrogens (tertiary/aromatic N) is 2. The van der Waals surface area contributed by atoms with Crippen molar-refractivity contribution in [3.05, 3.63) is 83.3 Å². The summed E-state index contributed by atoms with van der Waals surface area (Å²) in [6.07, 6.45) is 0. The fourth-order valence-corrected chi connectivity index (χ4v) is 3.82. The number of furan rings is 1. The Kier molecular flexibility index (Phi) is 7.49. The predicted octanol–water partition coefficient (Wildman–Crippen LogP) is 3.61. The number of esters is 1. The van der Waals surface area contributed by atoms with Gasteiger partial charge in [-0.25, -0.2) is 4.79 Å². The molecular formula is C26H28N2O6. The molecule has 0 atom stereocenters. The molecule has 8 heteroatoms. The smallest absolute Gasteiger partial charge is 0.337 e.